The average Bonchev–Trinajstić information content (AvgIpc) is 2.94. The highest BCUT2D eigenvalue weighted by molar-refractivity contribution is 7.10. The van der Waals surface area contributed by atoms with E-state index in [0.717, 1.165) is 23.7 Å². The van der Waals surface area contributed by atoms with E-state index in [-0.39, 0.29) is 6.54 Å². The molecule has 1 heterocycles. The highest BCUT2D eigenvalue weighted by Gasteiger charge is 2.14. The molecule has 0 atom stereocenters. The summed E-state index contributed by atoms with van der Waals surface area (Å²) in [5.41, 5.74) is 0.702. The van der Waals surface area contributed by atoms with E-state index in [1.54, 1.807) is 30.1 Å². The van der Waals surface area contributed by atoms with Crippen molar-refractivity contribution >= 4 is 45.6 Å². The van der Waals surface area contributed by atoms with E-state index < -0.39 is 17.3 Å². The first-order chi connectivity index (χ1) is 11.8. The van der Waals surface area contributed by atoms with Gasteiger partial charge in [0.2, 0.25) is 5.13 Å². The van der Waals surface area contributed by atoms with E-state index in [2.05, 4.69) is 4.98 Å². The molecule has 0 bridgehead atoms. The highest BCUT2D eigenvalue weighted by atomic mass is 35.5. The van der Waals surface area contributed by atoms with Gasteiger partial charge >= 0.3 is 5.69 Å². The lowest BCUT2D eigenvalue weighted by Gasteiger charge is -2.15. The molecule has 4 nitrogen and oxygen atoms in total. The Balaban J connectivity index is 1.87. The van der Waals surface area contributed by atoms with Crippen LogP contribution in [-0.2, 0) is 6.54 Å². The molecule has 1 aromatic heterocycles. The number of anilines is 2. The molecule has 3 rings (SSSR count). The lowest BCUT2D eigenvalue weighted by molar-refractivity contribution is 0.506. The summed E-state index contributed by atoms with van der Waals surface area (Å²) in [6.07, 6.45) is 0. The SMILES string of the molecule is CN(c1ccc(Cl)c(Cl)c1)c1nc(=O)n(Cc2ccc(F)c(F)c2)s1. The molecule has 9 heteroatoms. The number of aromatic nitrogens is 2. The fraction of sp³-hybridized carbons (Fsp3) is 0.125. The molecule has 130 valence electrons. The third-order valence-corrected chi connectivity index (χ3v) is 5.26. The van der Waals surface area contributed by atoms with Gasteiger partial charge in [0.15, 0.2) is 11.6 Å². The van der Waals surface area contributed by atoms with E-state index >= 15 is 0 Å². The largest absolute Gasteiger partial charge is 0.360 e. The third-order valence-electron chi connectivity index (χ3n) is 3.48. The van der Waals surface area contributed by atoms with Crippen molar-refractivity contribution in [1.29, 1.82) is 0 Å². The number of nitrogens with zero attached hydrogens (tertiary/aromatic N) is 3. The smallest absolute Gasteiger partial charge is 0.320 e. The third kappa shape index (κ3) is 3.84. The first-order valence-electron chi connectivity index (χ1n) is 7.06. The van der Waals surface area contributed by atoms with Crippen LogP contribution >= 0.6 is 34.7 Å². The molecule has 0 amide bonds. The van der Waals surface area contributed by atoms with Crippen molar-refractivity contribution < 1.29 is 8.78 Å². The Morgan fingerprint density at radius 3 is 2.56 bits per heavy atom. The molecule has 0 aliphatic carbocycles. The van der Waals surface area contributed by atoms with Crippen LogP contribution in [0.3, 0.4) is 0 Å². The van der Waals surface area contributed by atoms with Gasteiger partial charge in [0.1, 0.15) is 0 Å². The maximum atomic E-state index is 13.3. The second-order valence-electron chi connectivity index (χ2n) is 5.21. The first-order valence-corrected chi connectivity index (χ1v) is 8.59. The number of hydrogen-bond acceptors (Lipinski definition) is 4. The molecule has 25 heavy (non-hydrogen) atoms. The number of halogens is 4. The van der Waals surface area contributed by atoms with Gasteiger partial charge in [-0.3, -0.25) is 0 Å². The minimum atomic E-state index is -0.955. The summed E-state index contributed by atoms with van der Waals surface area (Å²) in [7, 11) is 1.74. The monoisotopic (exact) mass is 401 g/mol. The highest BCUT2D eigenvalue weighted by Crippen LogP contribution is 2.30. The van der Waals surface area contributed by atoms with Gasteiger partial charge in [-0.1, -0.05) is 29.3 Å². The molecule has 3 aromatic rings. The average molecular weight is 402 g/mol. The van der Waals surface area contributed by atoms with Crippen LogP contribution in [0.5, 0.6) is 0 Å². The van der Waals surface area contributed by atoms with E-state index in [0.29, 0.717) is 26.4 Å². The lowest BCUT2D eigenvalue weighted by Crippen LogP contribution is -2.16. The molecular weight excluding hydrogens is 391 g/mol. The van der Waals surface area contributed by atoms with Crippen LogP contribution in [-0.4, -0.2) is 16.0 Å². The summed E-state index contributed by atoms with van der Waals surface area (Å²) in [5, 5.41) is 1.25. The summed E-state index contributed by atoms with van der Waals surface area (Å²) < 4.78 is 27.7. The molecule has 0 saturated carbocycles. The molecule has 0 aliphatic heterocycles. The van der Waals surface area contributed by atoms with E-state index in [1.165, 1.54) is 10.0 Å². The summed E-state index contributed by atoms with van der Waals surface area (Å²) in [6, 6.07) is 8.57. The van der Waals surface area contributed by atoms with Gasteiger partial charge in [0.25, 0.3) is 0 Å². The normalized spacial score (nSPS) is 10.9. The Bertz CT molecular complexity index is 990. The van der Waals surface area contributed by atoms with Crippen molar-refractivity contribution in [2.45, 2.75) is 6.54 Å². The van der Waals surface area contributed by atoms with Crippen molar-refractivity contribution in [2.24, 2.45) is 0 Å². The Labute approximate surface area is 156 Å². The van der Waals surface area contributed by atoms with Crippen LogP contribution in [0.2, 0.25) is 10.0 Å². The molecule has 0 unspecified atom stereocenters. The first kappa shape index (κ1) is 17.8. The molecule has 2 aromatic carbocycles. The Kier molecular flexibility index (Phi) is 5.08. The fourth-order valence-electron chi connectivity index (χ4n) is 2.14. The standard InChI is InChI=1S/C16H11Cl2F2N3OS/c1-22(10-3-4-11(17)12(18)7-10)16-21-15(24)23(25-16)8-9-2-5-13(19)14(20)6-9/h2-7H,8H2,1H3. The van der Waals surface area contributed by atoms with Crippen molar-refractivity contribution in [3.8, 4) is 0 Å². The van der Waals surface area contributed by atoms with Crippen LogP contribution < -0.4 is 10.6 Å². The maximum Gasteiger partial charge on any atom is 0.360 e. The predicted molar refractivity (Wildman–Crippen MR) is 96.4 cm³/mol. The van der Waals surface area contributed by atoms with Crippen LogP contribution in [0.25, 0.3) is 0 Å². The summed E-state index contributed by atoms with van der Waals surface area (Å²) >= 11 is 13.0. The van der Waals surface area contributed by atoms with Crippen molar-refractivity contribution in [3.63, 3.8) is 0 Å². The van der Waals surface area contributed by atoms with Gasteiger partial charge in [-0.05, 0) is 47.4 Å². The Morgan fingerprint density at radius 2 is 1.88 bits per heavy atom. The fourth-order valence-corrected chi connectivity index (χ4v) is 3.31. The van der Waals surface area contributed by atoms with Crippen LogP contribution in [0, 0.1) is 11.6 Å². The van der Waals surface area contributed by atoms with Crippen LogP contribution in [0.4, 0.5) is 19.6 Å². The quantitative estimate of drug-likeness (QED) is 0.635. The maximum absolute atomic E-state index is 13.3. The minimum absolute atomic E-state index is 0.100. The molecule has 0 saturated heterocycles. The van der Waals surface area contributed by atoms with Gasteiger partial charge in [-0.25, -0.2) is 17.5 Å². The molecule has 0 radical (unpaired) electrons. The van der Waals surface area contributed by atoms with E-state index in [9.17, 15) is 13.6 Å². The van der Waals surface area contributed by atoms with Crippen LogP contribution in [0.1, 0.15) is 5.56 Å². The van der Waals surface area contributed by atoms with E-state index in [4.69, 9.17) is 23.2 Å². The molecular formula is C16H11Cl2F2N3OS. The zero-order chi connectivity index (χ0) is 18.1. The Morgan fingerprint density at radius 1 is 1.12 bits per heavy atom. The van der Waals surface area contributed by atoms with E-state index in [1.807, 2.05) is 0 Å². The second-order valence-corrected chi connectivity index (χ2v) is 7.01. The molecule has 0 aliphatic rings. The van der Waals surface area contributed by atoms with Crippen molar-refractivity contribution in [1.82, 2.24) is 8.94 Å². The Hall–Kier alpha value is -1.96. The zero-order valence-electron chi connectivity index (χ0n) is 12.8. The van der Waals surface area contributed by atoms with Crippen LogP contribution in [0.15, 0.2) is 41.2 Å². The van der Waals surface area contributed by atoms with Gasteiger partial charge < -0.3 is 4.90 Å². The van der Waals surface area contributed by atoms with Gasteiger partial charge in [-0.2, -0.15) is 4.98 Å². The summed E-state index contributed by atoms with van der Waals surface area (Å²) in [5.74, 6) is -1.89. The van der Waals surface area contributed by atoms with Crippen molar-refractivity contribution in [2.75, 3.05) is 11.9 Å². The topological polar surface area (TPSA) is 38.1 Å². The molecule has 0 N–H and O–H groups in total. The number of hydrogen-bond donors (Lipinski definition) is 0. The minimum Gasteiger partial charge on any atom is -0.320 e. The van der Waals surface area contributed by atoms with Crippen molar-refractivity contribution in [3.05, 3.63) is 74.1 Å². The number of benzene rings is 2. The predicted octanol–water partition coefficient (Wildman–Crippen LogP) is 4.71. The lowest BCUT2D eigenvalue weighted by atomic mass is 10.2. The van der Waals surface area contributed by atoms with Gasteiger partial charge in [0.05, 0.1) is 16.6 Å². The summed E-state index contributed by atoms with van der Waals surface area (Å²) in [4.78, 5) is 17.7. The molecule has 0 fully saturated rings. The summed E-state index contributed by atoms with van der Waals surface area (Å²) in [6.45, 7) is 0.100. The molecule has 0 spiro atoms. The zero-order valence-corrected chi connectivity index (χ0v) is 15.2. The second kappa shape index (κ2) is 7.11. The van der Waals surface area contributed by atoms with Gasteiger partial charge in [-0.15, -0.1) is 0 Å². The van der Waals surface area contributed by atoms with Gasteiger partial charge in [0, 0.05) is 12.7 Å². The number of rotatable bonds is 4.